The molecule has 7 heteroatoms. The van der Waals surface area contributed by atoms with Crippen molar-refractivity contribution in [2.45, 2.75) is 27.3 Å². The highest BCUT2D eigenvalue weighted by molar-refractivity contribution is 6.36. The van der Waals surface area contributed by atoms with Gasteiger partial charge in [-0.05, 0) is 20.8 Å². The Kier molecular flexibility index (Phi) is 16.7. The number of aromatic nitrogens is 2. The molecule has 5 nitrogen and oxygen atoms in total. The molecule has 0 radical (unpaired) electrons. The van der Waals surface area contributed by atoms with Crippen LogP contribution in [0.25, 0.3) is 0 Å². The van der Waals surface area contributed by atoms with Crippen molar-refractivity contribution in [3.63, 3.8) is 0 Å². The minimum absolute atomic E-state index is 0. The minimum atomic E-state index is -1.73. The Labute approximate surface area is 124 Å². The number of imidazole rings is 1. The average molecular weight is 309 g/mol. The van der Waals surface area contributed by atoms with Gasteiger partial charge in [0.05, 0.1) is 6.33 Å². The van der Waals surface area contributed by atoms with Crippen molar-refractivity contribution >= 4 is 21.9 Å². The Hall–Kier alpha value is -0.663. The molecule has 19 heavy (non-hydrogen) atoms. The summed E-state index contributed by atoms with van der Waals surface area (Å²) in [5, 5.41) is 0. The summed E-state index contributed by atoms with van der Waals surface area (Å²) >= 11 is 0. The lowest BCUT2D eigenvalue weighted by molar-refractivity contribution is 0.107. The van der Waals surface area contributed by atoms with Crippen LogP contribution in [0.2, 0.25) is 0 Å². The van der Waals surface area contributed by atoms with E-state index in [1.54, 1.807) is 12.5 Å². The smallest absolute Gasteiger partial charge is 0.376 e. The van der Waals surface area contributed by atoms with E-state index >= 15 is 0 Å². The highest BCUT2D eigenvalue weighted by atomic mass is 35.5. The number of halogens is 1. The molecule has 0 aliphatic rings. The topological polar surface area (TPSA) is 45.5 Å². The van der Waals surface area contributed by atoms with E-state index in [1.165, 1.54) is 0 Å². The molecule has 0 bridgehead atoms. The van der Waals surface area contributed by atoms with Crippen LogP contribution in [-0.2, 0) is 19.8 Å². The molecule has 0 unspecified atom stereocenters. The molecule has 112 valence electrons. The highest BCUT2D eigenvalue weighted by Crippen LogP contribution is 1.91. The number of nitrogens with zero attached hydrogens (tertiary/aromatic N) is 2. The zero-order valence-corrected chi connectivity index (χ0v) is 13.9. The Balaban J connectivity index is 0. The first kappa shape index (κ1) is 20.7. The van der Waals surface area contributed by atoms with Crippen molar-refractivity contribution in [3.05, 3.63) is 31.4 Å². The number of hydrogen-bond acceptors (Lipinski definition) is 4. The Morgan fingerprint density at radius 3 is 2.00 bits per heavy atom. The molecule has 0 amide bonds. The molecular formula is C12H25ClN2O3Si. The first-order chi connectivity index (χ1) is 8.78. The van der Waals surface area contributed by atoms with E-state index in [0.717, 1.165) is 6.54 Å². The first-order valence-corrected chi connectivity index (χ1v) is 7.61. The van der Waals surface area contributed by atoms with Gasteiger partial charge in [-0.2, -0.15) is 0 Å². The SMILES string of the molecule is C=CCn1ccnc1.CCO[SiH](OCC)OCC.Cl. The predicted molar refractivity (Wildman–Crippen MR) is 81.7 cm³/mol. The minimum Gasteiger partial charge on any atom is -0.376 e. The summed E-state index contributed by atoms with van der Waals surface area (Å²) in [5.74, 6) is 0. The van der Waals surface area contributed by atoms with Gasteiger partial charge in [0.1, 0.15) is 0 Å². The van der Waals surface area contributed by atoms with Crippen molar-refractivity contribution in [3.8, 4) is 0 Å². The van der Waals surface area contributed by atoms with E-state index in [4.69, 9.17) is 13.3 Å². The monoisotopic (exact) mass is 308 g/mol. The van der Waals surface area contributed by atoms with Crippen LogP contribution in [0, 0.1) is 0 Å². The summed E-state index contributed by atoms with van der Waals surface area (Å²) < 4.78 is 17.6. The van der Waals surface area contributed by atoms with Gasteiger partial charge < -0.3 is 17.8 Å². The van der Waals surface area contributed by atoms with Gasteiger partial charge in [-0.1, -0.05) is 6.08 Å². The normalized spacial score (nSPS) is 9.47. The van der Waals surface area contributed by atoms with Crippen molar-refractivity contribution in [1.82, 2.24) is 9.55 Å². The molecule has 0 saturated carbocycles. The van der Waals surface area contributed by atoms with Gasteiger partial charge >= 0.3 is 9.53 Å². The Morgan fingerprint density at radius 1 is 1.16 bits per heavy atom. The van der Waals surface area contributed by atoms with Crippen molar-refractivity contribution in [1.29, 1.82) is 0 Å². The maximum atomic E-state index is 5.22. The third-order valence-corrected chi connectivity index (χ3v) is 3.62. The first-order valence-electron chi connectivity index (χ1n) is 6.19. The standard InChI is InChI=1S/C6H8N2.C6H16O3Si.ClH/c1-2-4-8-5-3-7-6-8;1-4-7-10(8-5-2)9-6-3;/h2-3,5-6H,1,4H2;10H,4-6H2,1-3H3;1H. The fourth-order valence-electron chi connectivity index (χ4n) is 1.10. The van der Waals surface area contributed by atoms with Gasteiger partial charge in [0, 0.05) is 38.8 Å². The third kappa shape index (κ3) is 12.1. The van der Waals surface area contributed by atoms with Gasteiger partial charge in [-0.3, -0.25) is 0 Å². The van der Waals surface area contributed by atoms with Crippen LogP contribution in [-0.4, -0.2) is 38.9 Å². The maximum absolute atomic E-state index is 5.22. The van der Waals surface area contributed by atoms with Gasteiger partial charge in [-0.25, -0.2) is 4.98 Å². The van der Waals surface area contributed by atoms with Gasteiger partial charge in [0.25, 0.3) is 0 Å². The third-order valence-electron chi connectivity index (χ3n) is 1.81. The number of rotatable bonds is 8. The van der Waals surface area contributed by atoms with Crippen LogP contribution in [0.5, 0.6) is 0 Å². The van der Waals surface area contributed by atoms with Crippen molar-refractivity contribution in [2.24, 2.45) is 0 Å². The second kappa shape index (κ2) is 15.4. The highest BCUT2D eigenvalue weighted by Gasteiger charge is 2.11. The molecule has 1 aromatic rings. The van der Waals surface area contributed by atoms with Crippen molar-refractivity contribution in [2.75, 3.05) is 19.8 Å². The van der Waals surface area contributed by atoms with E-state index in [1.807, 2.05) is 37.6 Å². The summed E-state index contributed by atoms with van der Waals surface area (Å²) in [5.41, 5.74) is 0. The zero-order valence-electron chi connectivity index (χ0n) is 11.9. The van der Waals surface area contributed by atoms with E-state index in [-0.39, 0.29) is 12.4 Å². The lowest BCUT2D eigenvalue weighted by Crippen LogP contribution is -2.27. The molecule has 0 aliphatic carbocycles. The maximum Gasteiger partial charge on any atom is 0.484 e. The van der Waals surface area contributed by atoms with Crippen LogP contribution in [0.15, 0.2) is 31.4 Å². The molecule has 1 heterocycles. The number of allylic oxidation sites excluding steroid dienone is 1. The molecule has 0 aliphatic heterocycles. The van der Waals surface area contributed by atoms with Crippen LogP contribution >= 0.6 is 12.4 Å². The average Bonchev–Trinajstić information content (AvgIpc) is 2.84. The molecule has 1 rings (SSSR count). The van der Waals surface area contributed by atoms with E-state index in [9.17, 15) is 0 Å². The predicted octanol–water partition coefficient (Wildman–Crippen LogP) is 2.30. The summed E-state index contributed by atoms with van der Waals surface area (Å²) in [6.07, 6.45) is 7.26. The summed E-state index contributed by atoms with van der Waals surface area (Å²) in [7, 11) is -1.73. The largest absolute Gasteiger partial charge is 0.484 e. The van der Waals surface area contributed by atoms with Crippen LogP contribution in [0.3, 0.4) is 0 Å². The molecule has 0 N–H and O–H groups in total. The van der Waals surface area contributed by atoms with Crippen LogP contribution in [0.4, 0.5) is 0 Å². The summed E-state index contributed by atoms with van der Waals surface area (Å²) in [4.78, 5) is 3.86. The molecule has 1 aromatic heterocycles. The molecule has 0 spiro atoms. The van der Waals surface area contributed by atoms with E-state index in [0.29, 0.717) is 19.8 Å². The summed E-state index contributed by atoms with van der Waals surface area (Å²) in [6.45, 7) is 12.3. The van der Waals surface area contributed by atoms with Crippen molar-refractivity contribution < 1.29 is 13.3 Å². The van der Waals surface area contributed by atoms with E-state index in [2.05, 4.69) is 11.6 Å². The van der Waals surface area contributed by atoms with E-state index < -0.39 is 9.53 Å². The van der Waals surface area contributed by atoms with Crippen LogP contribution in [0.1, 0.15) is 20.8 Å². The lowest BCUT2D eigenvalue weighted by atomic mass is 10.6. The molecule has 0 aromatic carbocycles. The fraction of sp³-hybridized carbons (Fsp3) is 0.583. The van der Waals surface area contributed by atoms with Gasteiger partial charge in [0.15, 0.2) is 0 Å². The zero-order chi connectivity index (χ0) is 13.6. The van der Waals surface area contributed by atoms with Gasteiger partial charge in [-0.15, -0.1) is 19.0 Å². The molecule has 0 fully saturated rings. The van der Waals surface area contributed by atoms with Gasteiger partial charge in [0.2, 0.25) is 0 Å². The Morgan fingerprint density at radius 2 is 1.68 bits per heavy atom. The quantitative estimate of drug-likeness (QED) is 0.546. The summed E-state index contributed by atoms with van der Waals surface area (Å²) in [6, 6.07) is 0. The molecule has 0 atom stereocenters. The molecular weight excluding hydrogens is 284 g/mol. The second-order valence-corrected chi connectivity index (χ2v) is 4.78. The molecule has 0 saturated heterocycles. The lowest BCUT2D eigenvalue weighted by Gasteiger charge is -2.12. The fourth-order valence-corrected chi connectivity index (χ4v) is 2.20. The Bertz CT molecular complexity index is 272. The second-order valence-electron chi connectivity index (χ2n) is 3.20. The van der Waals surface area contributed by atoms with Crippen LogP contribution < -0.4 is 0 Å². The number of hydrogen-bond donors (Lipinski definition) is 0.